The van der Waals surface area contributed by atoms with Crippen LogP contribution in [0, 0.1) is 6.92 Å². The van der Waals surface area contributed by atoms with Crippen LogP contribution in [0.3, 0.4) is 0 Å². The van der Waals surface area contributed by atoms with Gasteiger partial charge in [0.2, 0.25) is 0 Å². The zero-order chi connectivity index (χ0) is 20.8. The molecule has 0 atom stereocenters. The summed E-state index contributed by atoms with van der Waals surface area (Å²) in [5.41, 5.74) is 7.14. The number of carbonyl (C=O) groups is 3. The van der Waals surface area contributed by atoms with Crippen LogP contribution in [0.2, 0.25) is 0 Å². The lowest BCUT2D eigenvalue weighted by Gasteiger charge is -2.12. The second-order valence-corrected chi connectivity index (χ2v) is 6.79. The molecule has 0 aliphatic rings. The fraction of sp³-hybridized carbons (Fsp3) is 0.174. The number of anilines is 1. The monoisotopic (exact) mass is 425 g/mol. The first-order valence-corrected chi connectivity index (χ1v) is 9.43. The van der Waals surface area contributed by atoms with Gasteiger partial charge in [-0.25, -0.2) is 0 Å². The Bertz CT molecular complexity index is 1080. The molecule has 3 aromatic carbocycles. The number of hydrogen-bond acceptors (Lipinski definition) is 4. The zero-order valence-corrected chi connectivity index (χ0v) is 17.4. The van der Waals surface area contributed by atoms with Crippen molar-refractivity contribution in [2.24, 2.45) is 5.73 Å². The molecule has 0 aromatic heterocycles. The summed E-state index contributed by atoms with van der Waals surface area (Å²) in [4.78, 5) is 37.5. The molecule has 3 aromatic rings. The minimum absolute atomic E-state index is 0. The van der Waals surface area contributed by atoms with Crippen molar-refractivity contribution < 1.29 is 14.4 Å². The number of hydrogen-bond donors (Lipinski definition) is 3. The fourth-order valence-electron chi connectivity index (χ4n) is 2.99. The Balaban J connectivity index is 0.00000320. The largest absolute Gasteiger partial charge is 0.349 e. The molecule has 3 rings (SSSR count). The third kappa shape index (κ3) is 5.43. The van der Waals surface area contributed by atoms with Gasteiger partial charge in [-0.1, -0.05) is 42.0 Å². The van der Waals surface area contributed by atoms with Gasteiger partial charge in [-0.3, -0.25) is 14.4 Å². The van der Waals surface area contributed by atoms with Crippen LogP contribution in [0.5, 0.6) is 0 Å². The van der Waals surface area contributed by atoms with Crippen molar-refractivity contribution in [3.63, 3.8) is 0 Å². The molecule has 0 fully saturated rings. The number of fused-ring (bicyclic) bond motifs is 1. The SMILES string of the molecule is Cc1ccc(NC(=O)c2ccc3ccccc3c2)c(C(=O)C(=O)NCCCN)c1.Cl. The lowest BCUT2D eigenvalue weighted by atomic mass is 10.0. The number of benzene rings is 3. The molecule has 0 unspecified atom stereocenters. The van der Waals surface area contributed by atoms with Crippen LogP contribution in [-0.4, -0.2) is 30.7 Å². The molecule has 0 radical (unpaired) electrons. The van der Waals surface area contributed by atoms with Gasteiger partial charge in [0.05, 0.1) is 11.3 Å². The van der Waals surface area contributed by atoms with E-state index >= 15 is 0 Å². The highest BCUT2D eigenvalue weighted by Crippen LogP contribution is 2.21. The average Bonchev–Trinajstić information content (AvgIpc) is 2.74. The van der Waals surface area contributed by atoms with Gasteiger partial charge in [0.1, 0.15) is 0 Å². The molecule has 0 saturated carbocycles. The molecule has 4 N–H and O–H groups in total. The Morgan fingerprint density at radius 2 is 1.67 bits per heavy atom. The van der Waals surface area contributed by atoms with E-state index in [1.165, 1.54) is 0 Å². The van der Waals surface area contributed by atoms with Crippen molar-refractivity contribution in [3.8, 4) is 0 Å². The highest BCUT2D eigenvalue weighted by atomic mass is 35.5. The number of carbonyl (C=O) groups excluding carboxylic acids is 3. The maximum absolute atomic E-state index is 12.8. The van der Waals surface area contributed by atoms with Gasteiger partial charge >= 0.3 is 0 Å². The maximum atomic E-state index is 12.8. The molecular formula is C23H24ClN3O3. The van der Waals surface area contributed by atoms with Gasteiger partial charge < -0.3 is 16.4 Å². The third-order valence-electron chi connectivity index (χ3n) is 4.55. The molecular weight excluding hydrogens is 402 g/mol. The van der Waals surface area contributed by atoms with Gasteiger partial charge in [0, 0.05) is 12.1 Å². The van der Waals surface area contributed by atoms with Gasteiger partial charge in [-0.2, -0.15) is 0 Å². The van der Waals surface area contributed by atoms with E-state index in [1.807, 2.05) is 37.3 Å². The number of halogens is 1. The lowest BCUT2D eigenvalue weighted by molar-refractivity contribution is -0.117. The highest BCUT2D eigenvalue weighted by Gasteiger charge is 2.21. The van der Waals surface area contributed by atoms with Crippen molar-refractivity contribution >= 4 is 46.5 Å². The lowest BCUT2D eigenvalue weighted by Crippen LogP contribution is -2.33. The van der Waals surface area contributed by atoms with Crippen LogP contribution >= 0.6 is 12.4 Å². The summed E-state index contributed by atoms with van der Waals surface area (Å²) in [7, 11) is 0. The van der Waals surface area contributed by atoms with E-state index in [1.54, 1.807) is 30.3 Å². The van der Waals surface area contributed by atoms with E-state index in [0.717, 1.165) is 16.3 Å². The summed E-state index contributed by atoms with van der Waals surface area (Å²) in [6, 6.07) is 18.1. The van der Waals surface area contributed by atoms with Crippen molar-refractivity contribution in [3.05, 3.63) is 77.4 Å². The highest BCUT2D eigenvalue weighted by molar-refractivity contribution is 6.44. The molecule has 30 heavy (non-hydrogen) atoms. The Labute approximate surface area is 181 Å². The van der Waals surface area contributed by atoms with Crippen molar-refractivity contribution in [2.45, 2.75) is 13.3 Å². The van der Waals surface area contributed by atoms with E-state index in [9.17, 15) is 14.4 Å². The summed E-state index contributed by atoms with van der Waals surface area (Å²) in [5, 5.41) is 7.29. The Morgan fingerprint density at radius 3 is 2.40 bits per heavy atom. The van der Waals surface area contributed by atoms with Crippen molar-refractivity contribution in [1.29, 1.82) is 0 Å². The van der Waals surface area contributed by atoms with Crippen LogP contribution in [0.4, 0.5) is 5.69 Å². The van der Waals surface area contributed by atoms with E-state index < -0.39 is 11.7 Å². The molecule has 156 valence electrons. The van der Waals surface area contributed by atoms with Crippen LogP contribution in [0.15, 0.2) is 60.7 Å². The molecule has 2 amide bonds. The van der Waals surface area contributed by atoms with E-state index in [4.69, 9.17) is 5.73 Å². The number of ketones is 1. The van der Waals surface area contributed by atoms with Crippen LogP contribution in [0.1, 0.15) is 32.7 Å². The van der Waals surface area contributed by atoms with E-state index in [2.05, 4.69) is 10.6 Å². The molecule has 0 aliphatic carbocycles. The van der Waals surface area contributed by atoms with E-state index in [-0.39, 0.29) is 23.9 Å². The Morgan fingerprint density at radius 1 is 0.933 bits per heavy atom. The first-order chi connectivity index (χ1) is 14.0. The summed E-state index contributed by atoms with van der Waals surface area (Å²) in [6.45, 7) is 2.57. The quantitative estimate of drug-likeness (QED) is 0.306. The van der Waals surface area contributed by atoms with Crippen molar-refractivity contribution in [1.82, 2.24) is 5.32 Å². The minimum atomic E-state index is -0.717. The number of amides is 2. The molecule has 0 bridgehead atoms. The molecule has 7 heteroatoms. The maximum Gasteiger partial charge on any atom is 0.292 e. The normalized spacial score (nSPS) is 10.2. The zero-order valence-electron chi connectivity index (χ0n) is 16.6. The molecule has 0 aliphatic heterocycles. The number of Topliss-reactive ketones (excluding diaryl/α,β-unsaturated/α-hetero) is 1. The second kappa shape index (κ2) is 10.5. The fourth-order valence-corrected chi connectivity index (χ4v) is 2.99. The summed E-state index contributed by atoms with van der Waals surface area (Å²) in [6.07, 6.45) is 0.582. The van der Waals surface area contributed by atoms with Crippen LogP contribution in [-0.2, 0) is 4.79 Å². The third-order valence-corrected chi connectivity index (χ3v) is 4.55. The van der Waals surface area contributed by atoms with E-state index in [0.29, 0.717) is 30.8 Å². The van der Waals surface area contributed by atoms with Crippen molar-refractivity contribution in [2.75, 3.05) is 18.4 Å². The Kier molecular flexibility index (Phi) is 8.09. The van der Waals surface area contributed by atoms with Crippen LogP contribution < -0.4 is 16.4 Å². The minimum Gasteiger partial charge on any atom is -0.349 e. The second-order valence-electron chi connectivity index (χ2n) is 6.79. The number of rotatable bonds is 7. The predicted molar refractivity (Wildman–Crippen MR) is 121 cm³/mol. The topological polar surface area (TPSA) is 101 Å². The molecule has 0 spiro atoms. The Hall–Kier alpha value is -3.22. The summed E-state index contributed by atoms with van der Waals surface area (Å²) >= 11 is 0. The predicted octanol–water partition coefficient (Wildman–Crippen LogP) is 3.47. The van der Waals surface area contributed by atoms with Crippen LogP contribution in [0.25, 0.3) is 10.8 Å². The standard InChI is InChI=1S/C23H23N3O3.ClH/c1-15-7-10-20(19(13-15)21(27)23(29)25-12-4-11-24)26-22(28)18-9-8-16-5-2-3-6-17(16)14-18;/h2-3,5-10,13-14H,4,11-12,24H2,1H3,(H,25,29)(H,26,28);1H. The summed E-state index contributed by atoms with van der Waals surface area (Å²) in [5.74, 6) is -1.76. The van der Waals surface area contributed by atoms with Gasteiger partial charge in [0.15, 0.2) is 0 Å². The smallest absolute Gasteiger partial charge is 0.292 e. The number of aryl methyl sites for hydroxylation is 1. The van der Waals surface area contributed by atoms with Gasteiger partial charge in [-0.15, -0.1) is 12.4 Å². The summed E-state index contributed by atoms with van der Waals surface area (Å²) < 4.78 is 0. The molecule has 6 nitrogen and oxygen atoms in total. The number of nitrogens with one attached hydrogen (secondary N) is 2. The first kappa shape index (κ1) is 23.1. The average molecular weight is 426 g/mol. The van der Waals surface area contributed by atoms with Gasteiger partial charge in [-0.05, 0) is 54.9 Å². The molecule has 0 saturated heterocycles. The number of nitrogens with two attached hydrogens (primary N) is 1. The van der Waals surface area contributed by atoms with Gasteiger partial charge in [0.25, 0.3) is 17.6 Å². The molecule has 0 heterocycles. The first-order valence-electron chi connectivity index (χ1n) is 9.43.